The minimum atomic E-state index is 0.304. The summed E-state index contributed by atoms with van der Waals surface area (Å²) in [5, 5.41) is 2.79. The largest absolute Gasteiger partial charge is 0.145 e. The van der Waals surface area contributed by atoms with Crippen molar-refractivity contribution in [2.45, 2.75) is 6.92 Å². The van der Waals surface area contributed by atoms with E-state index in [1.807, 2.05) is 6.92 Å². The van der Waals surface area contributed by atoms with Crippen molar-refractivity contribution < 1.29 is 0 Å². The van der Waals surface area contributed by atoms with Crippen LogP contribution in [0.4, 0.5) is 0 Å². The van der Waals surface area contributed by atoms with E-state index in [0.717, 1.165) is 11.8 Å². The maximum atomic E-state index is 9.59. The summed E-state index contributed by atoms with van der Waals surface area (Å²) in [4.78, 5) is 9.59. The van der Waals surface area contributed by atoms with E-state index in [1.54, 1.807) is 12.2 Å². The second-order valence-corrected chi connectivity index (χ2v) is 2.24. The minimum Gasteiger partial charge on any atom is -0.145 e. The molecular weight excluding hydrogens is 150 g/mol. The highest BCUT2D eigenvalue weighted by atomic mass is 35.5. The number of nitroso groups, excluding NO2 is 1. The number of hydrogen-bond acceptors (Lipinski definition) is 2. The molecule has 0 spiro atoms. The van der Waals surface area contributed by atoms with E-state index in [2.05, 4.69) is 11.8 Å². The molecule has 0 N–H and O–H groups in total. The molecule has 0 aromatic rings. The van der Waals surface area contributed by atoms with Crippen LogP contribution in [0.15, 0.2) is 40.7 Å². The Morgan fingerprint density at radius 1 is 1.60 bits per heavy atom. The van der Waals surface area contributed by atoms with Gasteiger partial charge in [-0.1, -0.05) is 29.8 Å². The van der Waals surface area contributed by atoms with E-state index in [0.29, 0.717) is 5.03 Å². The number of allylic oxidation sites excluding steroid dienone is 4. The molecule has 54 valence electrons. The summed E-state index contributed by atoms with van der Waals surface area (Å²) in [6.07, 6.45) is 4.29. The molecule has 0 rings (SSSR count). The summed E-state index contributed by atoms with van der Waals surface area (Å²) in [6.45, 7) is 5.43. The lowest BCUT2D eigenvalue weighted by Crippen LogP contribution is -1.63. The second kappa shape index (κ2) is 4.94. The van der Waals surface area contributed by atoms with Crippen molar-refractivity contribution in [3.63, 3.8) is 0 Å². The molecule has 0 saturated heterocycles. The standard InChI is InChI=1S/C7H8ClNO/c1-6(2)3-4-7(8)5-9-10/h3-5H,1H2,2H3/b4-3-,7-5+. The fourth-order valence-electron chi connectivity index (χ4n) is 0.315. The van der Waals surface area contributed by atoms with Crippen LogP contribution in [0.2, 0.25) is 0 Å². The van der Waals surface area contributed by atoms with Gasteiger partial charge in [0.25, 0.3) is 0 Å². The first-order valence-electron chi connectivity index (χ1n) is 2.68. The lowest BCUT2D eigenvalue weighted by atomic mass is 10.3. The van der Waals surface area contributed by atoms with Crippen LogP contribution in [0.3, 0.4) is 0 Å². The van der Waals surface area contributed by atoms with Crippen LogP contribution in [0.1, 0.15) is 6.92 Å². The highest BCUT2D eigenvalue weighted by Crippen LogP contribution is 2.04. The van der Waals surface area contributed by atoms with Gasteiger partial charge >= 0.3 is 0 Å². The molecule has 3 heteroatoms. The zero-order valence-electron chi connectivity index (χ0n) is 5.67. The van der Waals surface area contributed by atoms with E-state index in [9.17, 15) is 4.91 Å². The normalized spacial score (nSPS) is 12.0. The van der Waals surface area contributed by atoms with E-state index in [-0.39, 0.29) is 0 Å². The molecule has 0 bridgehead atoms. The van der Waals surface area contributed by atoms with Gasteiger partial charge in [0.05, 0.1) is 11.2 Å². The molecule has 0 atom stereocenters. The van der Waals surface area contributed by atoms with Gasteiger partial charge in [0.15, 0.2) is 0 Å². The third kappa shape index (κ3) is 5.25. The Morgan fingerprint density at radius 3 is 2.60 bits per heavy atom. The molecule has 0 fully saturated rings. The summed E-state index contributed by atoms with van der Waals surface area (Å²) in [5.74, 6) is 0. The molecule has 2 nitrogen and oxygen atoms in total. The molecule has 0 aliphatic carbocycles. The Hall–Kier alpha value is -0.890. The van der Waals surface area contributed by atoms with Gasteiger partial charge < -0.3 is 0 Å². The van der Waals surface area contributed by atoms with Crippen LogP contribution < -0.4 is 0 Å². The number of rotatable bonds is 3. The van der Waals surface area contributed by atoms with E-state index in [1.165, 1.54) is 0 Å². The molecule has 0 unspecified atom stereocenters. The molecule has 0 aromatic carbocycles. The predicted molar refractivity (Wildman–Crippen MR) is 43.7 cm³/mol. The fourth-order valence-corrected chi connectivity index (χ4v) is 0.418. The van der Waals surface area contributed by atoms with E-state index >= 15 is 0 Å². The molecule has 0 heterocycles. The van der Waals surface area contributed by atoms with Gasteiger partial charge in [-0.25, -0.2) is 0 Å². The first-order chi connectivity index (χ1) is 4.66. The third-order valence-corrected chi connectivity index (χ3v) is 0.927. The zero-order valence-corrected chi connectivity index (χ0v) is 6.43. The van der Waals surface area contributed by atoms with Crippen LogP contribution in [0, 0.1) is 4.91 Å². The van der Waals surface area contributed by atoms with Crippen LogP contribution in [-0.4, -0.2) is 0 Å². The molecule has 0 aromatic heterocycles. The molecule has 0 amide bonds. The quantitative estimate of drug-likeness (QED) is 0.458. The summed E-state index contributed by atoms with van der Waals surface area (Å²) >= 11 is 5.46. The number of halogens is 1. The monoisotopic (exact) mass is 157 g/mol. The average molecular weight is 158 g/mol. The van der Waals surface area contributed by atoms with Gasteiger partial charge in [0.2, 0.25) is 0 Å². The Balaban J connectivity index is 4.01. The van der Waals surface area contributed by atoms with Crippen molar-refractivity contribution in [2.75, 3.05) is 0 Å². The summed E-state index contributed by atoms with van der Waals surface area (Å²) in [7, 11) is 0. The van der Waals surface area contributed by atoms with Crippen LogP contribution in [0.5, 0.6) is 0 Å². The maximum Gasteiger partial charge on any atom is 0.0901 e. The minimum absolute atomic E-state index is 0.304. The van der Waals surface area contributed by atoms with Crippen LogP contribution in [-0.2, 0) is 0 Å². The van der Waals surface area contributed by atoms with Crippen molar-refractivity contribution in [3.8, 4) is 0 Å². The van der Waals surface area contributed by atoms with Gasteiger partial charge in [-0.3, -0.25) is 0 Å². The maximum absolute atomic E-state index is 9.59. The molecule has 0 saturated carbocycles. The number of nitrogens with zero attached hydrogens (tertiary/aromatic N) is 1. The first kappa shape index (κ1) is 9.11. The molecule has 0 aliphatic rings. The van der Waals surface area contributed by atoms with Gasteiger partial charge in [0.1, 0.15) is 0 Å². The fraction of sp³-hybridized carbons (Fsp3) is 0.143. The summed E-state index contributed by atoms with van der Waals surface area (Å²) in [5.41, 5.74) is 0.873. The van der Waals surface area contributed by atoms with Gasteiger partial charge in [-0.05, 0) is 18.2 Å². The van der Waals surface area contributed by atoms with Crippen LogP contribution in [0.25, 0.3) is 0 Å². The first-order valence-corrected chi connectivity index (χ1v) is 3.06. The third-order valence-electron chi connectivity index (χ3n) is 0.703. The highest BCUT2D eigenvalue weighted by Gasteiger charge is 1.82. The molecule has 0 aliphatic heterocycles. The average Bonchev–Trinajstić information content (AvgIpc) is 1.85. The van der Waals surface area contributed by atoms with Gasteiger partial charge in [0, 0.05) is 0 Å². The van der Waals surface area contributed by atoms with Crippen molar-refractivity contribution in [2.24, 2.45) is 5.18 Å². The smallest absolute Gasteiger partial charge is 0.0901 e. The van der Waals surface area contributed by atoms with Gasteiger partial charge in [-0.2, -0.15) is 0 Å². The molecule has 0 radical (unpaired) electrons. The number of hydrogen-bond donors (Lipinski definition) is 0. The van der Waals surface area contributed by atoms with E-state index < -0.39 is 0 Å². The topological polar surface area (TPSA) is 29.4 Å². The van der Waals surface area contributed by atoms with Crippen molar-refractivity contribution in [3.05, 3.63) is 40.4 Å². The zero-order chi connectivity index (χ0) is 7.98. The highest BCUT2D eigenvalue weighted by molar-refractivity contribution is 6.31. The van der Waals surface area contributed by atoms with E-state index in [4.69, 9.17) is 11.6 Å². The van der Waals surface area contributed by atoms with Gasteiger partial charge in [-0.15, -0.1) is 4.91 Å². The Kier molecular flexibility index (Phi) is 4.50. The van der Waals surface area contributed by atoms with Crippen molar-refractivity contribution in [1.29, 1.82) is 0 Å². The summed E-state index contributed by atoms with van der Waals surface area (Å²) in [6, 6.07) is 0. The van der Waals surface area contributed by atoms with Crippen molar-refractivity contribution >= 4 is 11.6 Å². The SMILES string of the molecule is C=C(C)/C=C\C(Cl)=C/N=O. The lowest BCUT2D eigenvalue weighted by Gasteiger charge is -1.83. The predicted octanol–water partition coefficient (Wildman–Crippen LogP) is 2.97. The molecule has 10 heavy (non-hydrogen) atoms. The Labute approximate surface area is 64.9 Å². The summed E-state index contributed by atoms with van der Waals surface area (Å²) < 4.78 is 0. The Bertz CT molecular complexity index is 194. The van der Waals surface area contributed by atoms with Crippen LogP contribution >= 0.6 is 11.6 Å². The van der Waals surface area contributed by atoms with Crippen molar-refractivity contribution in [1.82, 2.24) is 0 Å². The lowest BCUT2D eigenvalue weighted by molar-refractivity contribution is 1.50. The molecular formula is C7H8ClNO. The second-order valence-electron chi connectivity index (χ2n) is 1.80. The Morgan fingerprint density at radius 2 is 2.20 bits per heavy atom.